The quantitative estimate of drug-likeness (QED) is 0.696. The second kappa shape index (κ2) is 6.06. The van der Waals surface area contributed by atoms with Gasteiger partial charge in [-0.15, -0.1) is 0 Å². The van der Waals surface area contributed by atoms with E-state index in [-0.39, 0.29) is 5.97 Å². The average Bonchev–Trinajstić information content (AvgIpc) is 2.29. The molecule has 0 radical (unpaired) electrons. The van der Waals surface area contributed by atoms with Gasteiger partial charge in [-0.2, -0.15) is 0 Å². The van der Waals surface area contributed by atoms with Crippen molar-refractivity contribution in [3.8, 4) is 5.75 Å². The number of ether oxygens (including phenoxy) is 2. The van der Waals surface area contributed by atoms with E-state index in [0.717, 1.165) is 18.6 Å². The third-order valence-corrected chi connectivity index (χ3v) is 2.21. The average molecular weight is 208 g/mol. The Hall–Kier alpha value is -1.51. The van der Waals surface area contributed by atoms with Crippen molar-refractivity contribution in [2.24, 2.45) is 0 Å². The molecule has 3 heteroatoms. The lowest BCUT2D eigenvalue weighted by Crippen LogP contribution is -2.00. The van der Waals surface area contributed by atoms with Gasteiger partial charge >= 0.3 is 5.97 Å². The Kier molecular flexibility index (Phi) is 4.68. The van der Waals surface area contributed by atoms with Gasteiger partial charge in [-0.05, 0) is 30.5 Å². The minimum absolute atomic E-state index is 0.155. The molecule has 0 fully saturated rings. The van der Waals surface area contributed by atoms with Crippen molar-refractivity contribution in [3.05, 3.63) is 29.8 Å². The molecule has 0 spiro atoms. The van der Waals surface area contributed by atoms with E-state index in [2.05, 4.69) is 4.74 Å². The highest BCUT2D eigenvalue weighted by Gasteiger charge is 2.01. The lowest BCUT2D eigenvalue weighted by Gasteiger charge is -2.03. The van der Waals surface area contributed by atoms with Gasteiger partial charge in [0.05, 0.1) is 14.2 Å². The van der Waals surface area contributed by atoms with Crippen LogP contribution in [0.1, 0.15) is 18.4 Å². The maximum atomic E-state index is 10.9. The number of esters is 1. The summed E-state index contributed by atoms with van der Waals surface area (Å²) >= 11 is 0. The molecular formula is C12H16O3. The van der Waals surface area contributed by atoms with Crippen molar-refractivity contribution < 1.29 is 14.3 Å². The number of carbonyl (C=O) groups excluding carboxylic acids is 1. The van der Waals surface area contributed by atoms with Crippen LogP contribution < -0.4 is 4.74 Å². The molecular weight excluding hydrogens is 192 g/mol. The predicted octanol–water partition coefficient (Wildman–Crippen LogP) is 2.19. The van der Waals surface area contributed by atoms with Crippen molar-refractivity contribution in [1.82, 2.24) is 0 Å². The van der Waals surface area contributed by atoms with E-state index in [4.69, 9.17) is 4.74 Å². The van der Waals surface area contributed by atoms with Crippen LogP contribution in [0.3, 0.4) is 0 Å². The fourth-order valence-corrected chi connectivity index (χ4v) is 1.37. The van der Waals surface area contributed by atoms with Gasteiger partial charge < -0.3 is 9.47 Å². The van der Waals surface area contributed by atoms with Crippen molar-refractivity contribution in [3.63, 3.8) is 0 Å². The standard InChI is InChI=1S/C12H16O3/c1-14-11-7-3-5-10(9-11)6-4-8-12(13)15-2/h3,5,7,9H,4,6,8H2,1-2H3. The first kappa shape index (κ1) is 11.6. The van der Waals surface area contributed by atoms with Crippen LogP contribution in [-0.2, 0) is 16.0 Å². The van der Waals surface area contributed by atoms with Gasteiger partial charge in [-0.3, -0.25) is 4.79 Å². The fourth-order valence-electron chi connectivity index (χ4n) is 1.37. The Balaban J connectivity index is 2.40. The molecule has 0 atom stereocenters. The number of hydrogen-bond acceptors (Lipinski definition) is 3. The minimum atomic E-state index is -0.155. The second-order valence-electron chi connectivity index (χ2n) is 3.28. The molecule has 1 rings (SSSR count). The van der Waals surface area contributed by atoms with Crippen molar-refractivity contribution >= 4 is 5.97 Å². The van der Waals surface area contributed by atoms with Crippen LogP contribution >= 0.6 is 0 Å². The molecule has 15 heavy (non-hydrogen) atoms. The highest BCUT2D eigenvalue weighted by Crippen LogP contribution is 2.14. The first-order chi connectivity index (χ1) is 7.26. The van der Waals surface area contributed by atoms with Gasteiger partial charge in [0.1, 0.15) is 5.75 Å². The molecule has 0 aliphatic carbocycles. The molecule has 0 unspecified atom stereocenters. The summed E-state index contributed by atoms with van der Waals surface area (Å²) in [5.41, 5.74) is 1.18. The molecule has 0 saturated heterocycles. The van der Waals surface area contributed by atoms with Crippen LogP contribution in [0.5, 0.6) is 5.75 Å². The molecule has 0 aromatic heterocycles. The number of benzene rings is 1. The molecule has 0 amide bonds. The van der Waals surface area contributed by atoms with Crippen LogP contribution in [-0.4, -0.2) is 20.2 Å². The molecule has 82 valence electrons. The lowest BCUT2D eigenvalue weighted by molar-refractivity contribution is -0.140. The zero-order valence-corrected chi connectivity index (χ0v) is 9.16. The molecule has 0 heterocycles. The maximum Gasteiger partial charge on any atom is 0.305 e. The number of carbonyl (C=O) groups is 1. The summed E-state index contributed by atoms with van der Waals surface area (Å²) in [6, 6.07) is 7.87. The van der Waals surface area contributed by atoms with Gasteiger partial charge in [-0.1, -0.05) is 12.1 Å². The normalized spacial score (nSPS) is 9.73. The zero-order chi connectivity index (χ0) is 11.1. The summed E-state index contributed by atoms with van der Waals surface area (Å²) in [5, 5.41) is 0. The van der Waals surface area contributed by atoms with Crippen LogP contribution in [0.15, 0.2) is 24.3 Å². The number of rotatable bonds is 5. The molecule has 0 saturated carbocycles. The number of hydrogen-bond donors (Lipinski definition) is 0. The SMILES string of the molecule is COC(=O)CCCc1cccc(OC)c1. The largest absolute Gasteiger partial charge is 0.497 e. The fraction of sp³-hybridized carbons (Fsp3) is 0.417. The summed E-state index contributed by atoms with van der Waals surface area (Å²) in [6.45, 7) is 0. The molecule has 1 aromatic carbocycles. The van der Waals surface area contributed by atoms with Crippen LogP contribution in [0.4, 0.5) is 0 Å². The van der Waals surface area contributed by atoms with Crippen molar-refractivity contribution in [2.45, 2.75) is 19.3 Å². The molecule has 0 N–H and O–H groups in total. The first-order valence-corrected chi connectivity index (χ1v) is 4.96. The summed E-state index contributed by atoms with van der Waals surface area (Å²) in [7, 11) is 3.06. The van der Waals surface area contributed by atoms with Crippen molar-refractivity contribution in [1.29, 1.82) is 0 Å². The Bertz CT molecular complexity index is 320. The van der Waals surface area contributed by atoms with E-state index in [1.54, 1.807) is 7.11 Å². The predicted molar refractivity (Wildman–Crippen MR) is 57.9 cm³/mol. The van der Waals surface area contributed by atoms with Crippen LogP contribution in [0.25, 0.3) is 0 Å². The lowest BCUT2D eigenvalue weighted by atomic mass is 10.1. The highest BCUT2D eigenvalue weighted by atomic mass is 16.5. The Labute approximate surface area is 90.0 Å². The number of methoxy groups -OCH3 is 2. The van der Waals surface area contributed by atoms with Crippen LogP contribution in [0, 0.1) is 0 Å². The van der Waals surface area contributed by atoms with E-state index >= 15 is 0 Å². The van der Waals surface area contributed by atoms with Gasteiger partial charge in [0.15, 0.2) is 0 Å². The monoisotopic (exact) mass is 208 g/mol. The molecule has 0 aliphatic heterocycles. The van der Waals surface area contributed by atoms with E-state index in [1.807, 2.05) is 24.3 Å². The third-order valence-electron chi connectivity index (χ3n) is 2.21. The molecule has 0 bridgehead atoms. The summed E-state index contributed by atoms with van der Waals surface area (Å²) in [4.78, 5) is 10.9. The Morgan fingerprint density at radius 3 is 2.80 bits per heavy atom. The molecule has 3 nitrogen and oxygen atoms in total. The van der Waals surface area contributed by atoms with Gasteiger partial charge in [0.25, 0.3) is 0 Å². The third kappa shape index (κ3) is 4.02. The molecule has 0 aliphatic rings. The van der Waals surface area contributed by atoms with Gasteiger partial charge in [0, 0.05) is 6.42 Å². The Morgan fingerprint density at radius 2 is 2.13 bits per heavy atom. The first-order valence-electron chi connectivity index (χ1n) is 4.96. The van der Waals surface area contributed by atoms with Crippen LogP contribution in [0.2, 0.25) is 0 Å². The van der Waals surface area contributed by atoms with E-state index in [9.17, 15) is 4.79 Å². The summed E-state index contributed by atoms with van der Waals surface area (Å²) < 4.78 is 9.68. The topological polar surface area (TPSA) is 35.5 Å². The minimum Gasteiger partial charge on any atom is -0.497 e. The summed E-state index contributed by atoms with van der Waals surface area (Å²) in [5.74, 6) is 0.698. The van der Waals surface area contributed by atoms with Gasteiger partial charge in [-0.25, -0.2) is 0 Å². The Morgan fingerprint density at radius 1 is 1.33 bits per heavy atom. The number of aryl methyl sites for hydroxylation is 1. The second-order valence-corrected chi connectivity index (χ2v) is 3.28. The van der Waals surface area contributed by atoms with Crippen molar-refractivity contribution in [2.75, 3.05) is 14.2 Å². The molecule has 1 aromatic rings. The maximum absolute atomic E-state index is 10.9. The smallest absolute Gasteiger partial charge is 0.305 e. The highest BCUT2D eigenvalue weighted by molar-refractivity contribution is 5.69. The zero-order valence-electron chi connectivity index (χ0n) is 9.16. The van der Waals surface area contributed by atoms with E-state index in [1.165, 1.54) is 12.7 Å². The summed E-state index contributed by atoms with van der Waals surface area (Å²) in [6.07, 6.45) is 2.14. The van der Waals surface area contributed by atoms with E-state index in [0.29, 0.717) is 6.42 Å². The van der Waals surface area contributed by atoms with Gasteiger partial charge in [0.2, 0.25) is 0 Å². The van der Waals surface area contributed by atoms with E-state index < -0.39 is 0 Å².